The van der Waals surface area contributed by atoms with Crippen LogP contribution < -0.4 is 16.4 Å². The van der Waals surface area contributed by atoms with Gasteiger partial charge in [0.15, 0.2) is 0 Å². The van der Waals surface area contributed by atoms with Gasteiger partial charge in [-0.15, -0.1) is 12.4 Å². The zero-order valence-electron chi connectivity index (χ0n) is 14.7. The summed E-state index contributed by atoms with van der Waals surface area (Å²) in [5, 5.41) is 5.66. The number of urea groups is 1. The molecule has 1 aromatic carbocycles. The number of hydrogen-bond acceptors (Lipinski definition) is 3. The number of benzene rings is 1. The molecule has 4 N–H and O–H groups in total. The minimum Gasteiger partial charge on any atom is -0.338 e. The maximum atomic E-state index is 12.8. The zero-order valence-corrected chi connectivity index (χ0v) is 15.6. The number of rotatable bonds is 3. The van der Waals surface area contributed by atoms with E-state index in [4.69, 9.17) is 5.73 Å². The van der Waals surface area contributed by atoms with Crippen molar-refractivity contribution in [2.24, 2.45) is 11.1 Å². The molecule has 1 saturated carbocycles. The average Bonchev–Trinajstić information content (AvgIpc) is 3.33. The molecule has 1 unspecified atom stereocenters. The van der Waals surface area contributed by atoms with E-state index in [0.717, 1.165) is 19.3 Å². The maximum Gasteiger partial charge on any atom is 0.319 e. The third-order valence-electron chi connectivity index (χ3n) is 4.88. The van der Waals surface area contributed by atoms with Crippen LogP contribution in [0.2, 0.25) is 0 Å². The molecule has 2 fully saturated rings. The van der Waals surface area contributed by atoms with Gasteiger partial charge in [-0.1, -0.05) is 19.9 Å². The minimum absolute atomic E-state index is 0. The van der Waals surface area contributed by atoms with Crippen molar-refractivity contribution in [3.63, 3.8) is 0 Å². The van der Waals surface area contributed by atoms with E-state index in [2.05, 4.69) is 24.5 Å². The van der Waals surface area contributed by atoms with Crippen molar-refractivity contribution in [3.8, 4) is 0 Å². The molecule has 0 bridgehead atoms. The molecule has 1 aliphatic carbocycles. The summed E-state index contributed by atoms with van der Waals surface area (Å²) in [5.74, 6) is -0.0128. The summed E-state index contributed by atoms with van der Waals surface area (Å²) in [6.07, 6.45) is 2.89. The van der Waals surface area contributed by atoms with Crippen LogP contribution >= 0.6 is 12.4 Å². The van der Waals surface area contributed by atoms with Crippen molar-refractivity contribution < 1.29 is 9.59 Å². The molecule has 0 radical (unpaired) electrons. The molecule has 2 aliphatic rings. The molecule has 7 heteroatoms. The predicted octanol–water partition coefficient (Wildman–Crippen LogP) is 2.59. The molecule has 1 saturated heterocycles. The maximum absolute atomic E-state index is 12.8. The fourth-order valence-electron chi connectivity index (χ4n) is 3.04. The standard InChI is InChI=1S/C18H26N4O2.ClH/c1-18(2)11-22(9-8-15(18)19)16(23)12-4-3-5-14(10-12)21-17(24)20-13-6-7-13;/h3-5,10,13,15H,6-9,11,19H2,1-2H3,(H2,20,21,24);1H. The lowest BCUT2D eigenvalue weighted by Gasteiger charge is -2.42. The zero-order chi connectivity index (χ0) is 17.3. The SMILES string of the molecule is CC1(C)CN(C(=O)c2cccc(NC(=O)NC3CC3)c2)CCC1N.Cl. The van der Waals surface area contributed by atoms with Gasteiger partial charge < -0.3 is 21.3 Å². The highest BCUT2D eigenvalue weighted by Gasteiger charge is 2.35. The molecule has 6 nitrogen and oxygen atoms in total. The van der Waals surface area contributed by atoms with Gasteiger partial charge in [0.25, 0.3) is 5.91 Å². The van der Waals surface area contributed by atoms with Crippen LogP contribution in [0.3, 0.4) is 0 Å². The van der Waals surface area contributed by atoms with E-state index in [0.29, 0.717) is 30.4 Å². The first kappa shape index (κ1) is 19.5. The number of nitrogens with zero attached hydrogens (tertiary/aromatic N) is 1. The Kier molecular flexibility index (Phi) is 5.95. The number of halogens is 1. The Bertz CT molecular complexity index is 646. The number of amides is 3. The summed E-state index contributed by atoms with van der Waals surface area (Å²) < 4.78 is 0. The van der Waals surface area contributed by atoms with Crippen LogP contribution in [0.25, 0.3) is 0 Å². The summed E-state index contributed by atoms with van der Waals surface area (Å²) in [6, 6.07) is 7.30. The van der Waals surface area contributed by atoms with Crippen molar-refractivity contribution in [1.29, 1.82) is 0 Å². The van der Waals surface area contributed by atoms with Crippen LogP contribution in [0.5, 0.6) is 0 Å². The molecule has 25 heavy (non-hydrogen) atoms. The third-order valence-corrected chi connectivity index (χ3v) is 4.88. The largest absolute Gasteiger partial charge is 0.338 e. The number of likely N-dealkylation sites (tertiary alicyclic amines) is 1. The highest BCUT2D eigenvalue weighted by atomic mass is 35.5. The molecule has 3 rings (SSSR count). The fourth-order valence-corrected chi connectivity index (χ4v) is 3.04. The molecule has 0 aromatic heterocycles. The van der Waals surface area contributed by atoms with Crippen LogP contribution in [0.15, 0.2) is 24.3 Å². The predicted molar refractivity (Wildman–Crippen MR) is 101 cm³/mol. The normalized spacial score (nSPS) is 21.9. The van der Waals surface area contributed by atoms with Crippen LogP contribution in [0.4, 0.5) is 10.5 Å². The van der Waals surface area contributed by atoms with Gasteiger partial charge in [-0.2, -0.15) is 0 Å². The Balaban J connectivity index is 0.00000225. The summed E-state index contributed by atoms with van der Waals surface area (Å²) >= 11 is 0. The topological polar surface area (TPSA) is 87.5 Å². The number of nitrogens with two attached hydrogens (primary N) is 1. The Morgan fingerprint density at radius 2 is 1.96 bits per heavy atom. The van der Waals surface area contributed by atoms with Gasteiger partial charge in [0.2, 0.25) is 0 Å². The van der Waals surface area contributed by atoms with Gasteiger partial charge >= 0.3 is 6.03 Å². The summed E-state index contributed by atoms with van der Waals surface area (Å²) in [5.41, 5.74) is 7.28. The molecule has 3 amide bonds. The van der Waals surface area contributed by atoms with Crippen LogP contribution in [-0.2, 0) is 0 Å². The number of carbonyl (C=O) groups is 2. The summed E-state index contributed by atoms with van der Waals surface area (Å²) in [4.78, 5) is 26.5. The Morgan fingerprint density at radius 3 is 2.60 bits per heavy atom. The van der Waals surface area contributed by atoms with Crippen LogP contribution in [0, 0.1) is 5.41 Å². The second-order valence-corrected chi connectivity index (χ2v) is 7.56. The lowest BCUT2D eigenvalue weighted by atomic mass is 9.79. The van der Waals surface area contributed by atoms with Gasteiger partial charge in [0.1, 0.15) is 0 Å². The molecular formula is C18H27ClN4O2. The second-order valence-electron chi connectivity index (χ2n) is 7.56. The monoisotopic (exact) mass is 366 g/mol. The van der Waals surface area contributed by atoms with Crippen molar-refractivity contribution in [3.05, 3.63) is 29.8 Å². The van der Waals surface area contributed by atoms with E-state index in [9.17, 15) is 9.59 Å². The molecular weight excluding hydrogens is 340 g/mol. The molecule has 1 atom stereocenters. The molecule has 1 aromatic rings. The first-order valence-electron chi connectivity index (χ1n) is 8.57. The van der Waals surface area contributed by atoms with Gasteiger partial charge in [-0.05, 0) is 42.9 Å². The van der Waals surface area contributed by atoms with E-state index >= 15 is 0 Å². The first-order valence-corrected chi connectivity index (χ1v) is 8.57. The van der Waals surface area contributed by atoms with E-state index in [1.165, 1.54) is 0 Å². The first-order chi connectivity index (χ1) is 11.3. The van der Waals surface area contributed by atoms with E-state index in [1.54, 1.807) is 24.3 Å². The summed E-state index contributed by atoms with van der Waals surface area (Å²) in [7, 11) is 0. The molecule has 138 valence electrons. The van der Waals surface area contributed by atoms with Crippen LogP contribution in [0.1, 0.15) is 43.5 Å². The average molecular weight is 367 g/mol. The Labute approximate surface area is 154 Å². The highest BCUT2D eigenvalue weighted by Crippen LogP contribution is 2.28. The molecule has 0 spiro atoms. The van der Waals surface area contributed by atoms with Gasteiger partial charge in [0.05, 0.1) is 0 Å². The van der Waals surface area contributed by atoms with Gasteiger partial charge in [-0.3, -0.25) is 4.79 Å². The number of anilines is 1. The van der Waals surface area contributed by atoms with E-state index < -0.39 is 0 Å². The molecule has 1 aliphatic heterocycles. The highest BCUT2D eigenvalue weighted by molar-refractivity contribution is 5.97. The lowest BCUT2D eigenvalue weighted by Crippen LogP contribution is -2.54. The number of nitrogens with one attached hydrogen (secondary N) is 2. The minimum atomic E-state index is -0.216. The number of hydrogen-bond donors (Lipinski definition) is 3. The number of piperidine rings is 1. The fraction of sp³-hybridized carbons (Fsp3) is 0.556. The van der Waals surface area contributed by atoms with Crippen molar-refractivity contribution in [2.45, 2.75) is 45.2 Å². The van der Waals surface area contributed by atoms with Crippen molar-refractivity contribution in [2.75, 3.05) is 18.4 Å². The summed E-state index contributed by atoms with van der Waals surface area (Å²) in [6.45, 7) is 5.50. The van der Waals surface area contributed by atoms with Gasteiger partial charge in [0, 0.05) is 36.4 Å². The molecule has 1 heterocycles. The van der Waals surface area contributed by atoms with E-state index in [1.807, 2.05) is 4.90 Å². The Hall–Kier alpha value is -1.79. The second kappa shape index (κ2) is 7.62. The van der Waals surface area contributed by atoms with Gasteiger partial charge in [-0.25, -0.2) is 4.79 Å². The Morgan fingerprint density at radius 1 is 1.24 bits per heavy atom. The lowest BCUT2D eigenvalue weighted by molar-refractivity contribution is 0.0533. The van der Waals surface area contributed by atoms with Crippen molar-refractivity contribution in [1.82, 2.24) is 10.2 Å². The smallest absolute Gasteiger partial charge is 0.319 e. The number of carbonyl (C=O) groups excluding carboxylic acids is 2. The quantitative estimate of drug-likeness (QED) is 0.768. The van der Waals surface area contributed by atoms with Crippen LogP contribution in [-0.4, -0.2) is 42.0 Å². The third kappa shape index (κ3) is 4.86. The van der Waals surface area contributed by atoms with Crippen molar-refractivity contribution >= 4 is 30.0 Å². The van der Waals surface area contributed by atoms with E-state index in [-0.39, 0.29) is 35.8 Å².